The SMILES string of the molecule is CO[C@]1(C)C(O)C(CO)O[C@H]1n1cc(CN=O)c2c(NO)ncnc21. The minimum Gasteiger partial charge on any atom is -0.394 e. The van der Waals surface area contributed by atoms with Crippen LogP contribution in [-0.4, -0.2) is 61.5 Å². The average molecular weight is 353 g/mol. The molecule has 1 saturated heterocycles. The third kappa shape index (κ3) is 2.56. The maximum Gasteiger partial charge on any atom is 0.167 e. The fourth-order valence-corrected chi connectivity index (χ4v) is 3.21. The van der Waals surface area contributed by atoms with Crippen LogP contribution in [0.1, 0.15) is 18.7 Å². The van der Waals surface area contributed by atoms with E-state index in [-0.39, 0.29) is 12.4 Å². The number of rotatable bonds is 6. The Hall–Kier alpha value is -2.18. The first-order valence-electron chi connectivity index (χ1n) is 7.55. The Labute approximate surface area is 142 Å². The van der Waals surface area contributed by atoms with Crippen LogP contribution in [0.4, 0.5) is 5.82 Å². The Balaban J connectivity index is 2.20. The lowest BCUT2D eigenvalue weighted by Crippen LogP contribution is -2.46. The molecule has 25 heavy (non-hydrogen) atoms. The molecule has 1 aliphatic heterocycles. The molecule has 0 aromatic carbocycles. The second kappa shape index (κ2) is 6.61. The third-order valence-electron chi connectivity index (χ3n) is 4.63. The fourth-order valence-electron chi connectivity index (χ4n) is 3.21. The smallest absolute Gasteiger partial charge is 0.167 e. The minimum absolute atomic E-state index is 0.110. The first kappa shape index (κ1) is 17.6. The van der Waals surface area contributed by atoms with Crippen molar-refractivity contribution >= 4 is 16.9 Å². The normalized spacial score (nSPS) is 29.2. The van der Waals surface area contributed by atoms with Crippen LogP contribution in [0.3, 0.4) is 0 Å². The lowest BCUT2D eigenvalue weighted by Gasteiger charge is -2.31. The van der Waals surface area contributed by atoms with Gasteiger partial charge in [0, 0.05) is 18.9 Å². The molecule has 0 amide bonds. The molecule has 0 bridgehead atoms. The Kier molecular flexibility index (Phi) is 4.67. The molecule has 0 saturated carbocycles. The van der Waals surface area contributed by atoms with Crippen molar-refractivity contribution in [1.29, 1.82) is 0 Å². The summed E-state index contributed by atoms with van der Waals surface area (Å²) in [5.74, 6) is 0.110. The molecule has 2 aromatic rings. The van der Waals surface area contributed by atoms with Gasteiger partial charge in [-0.05, 0) is 6.92 Å². The number of anilines is 1. The molecule has 4 N–H and O–H groups in total. The molecule has 3 rings (SSSR count). The van der Waals surface area contributed by atoms with E-state index in [4.69, 9.17) is 9.47 Å². The summed E-state index contributed by atoms with van der Waals surface area (Å²) in [6, 6.07) is 0. The van der Waals surface area contributed by atoms with Gasteiger partial charge in [-0.3, -0.25) is 10.7 Å². The molecule has 136 valence electrons. The van der Waals surface area contributed by atoms with Crippen molar-refractivity contribution in [3.05, 3.63) is 23.0 Å². The van der Waals surface area contributed by atoms with Gasteiger partial charge in [-0.2, -0.15) is 4.91 Å². The number of aromatic nitrogens is 3. The van der Waals surface area contributed by atoms with E-state index in [1.807, 2.05) is 5.48 Å². The van der Waals surface area contributed by atoms with E-state index in [2.05, 4.69) is 15.1 Å². The monoisotopic (exact) mass is 353 g/mol. The molecule has 11 nitrogen and oxygen atoms in total. The minimum atomic E-state index is -1.18. The van der Waals surface area contributed by atoms with Crippen molar-refractivity contribution < 1.29 is 24.9 Å². The van der Waals surface area contributed by atoms with Crippen LogP contribution >= 0.6 is 0 Å². The molecule has 1 aliphatic rings. The predicted octanol–water partition coefficient (Wildman–Crippen LogP) is 0.154. The van der Waals surface area contributed by atoms with Crippen LogP contribution in [0.2, 0.25) is 0 Å². The molecule has 2 aromatic heterocycles. The number of nitrogens with zero attached hydrogens (tertiary/aromatic N) is 4. The summed E-state index contributed by atoms with van der Waals surface area (Å²) in [6.45, 7) is 1.08. The molecule has 2 unspecified atom stereocenters. The van der Waals surface area contributed by atoms with Crippen LogP contribution in [0.25, 0.3) is 11.0 Å². The van der Waals surface area contributed by atoms with Crippen LogP contribution in [0.15, 0.2) is 17.7 Å². The average Bonchev–Trinajstić information content (AvgIpc) is 3.12. The van der Waals surface area contributed by atoms with Gasteiger partial charge in [-0.25, -0.2) is 9.97 Å². The Morgan fingerprint density at radius 3 is 2.88 bits per heavy atom. The van der Waals surface area contributed by atoms with Crippen molar-refractivity contribution in [1.82, 2.24) is 14.5 Å². The number of aliphatic hydroxyl groups excluding tert-OH is 2. The molecular formula is C14H19N5O6. The van der Waals surface area contributed by atoms with E-state index in [0.29, 0.717) is 16.6 Å². The van der Waals surface area contributed by atoms with Gasteiger partial charge in [0.15, 0.2) is 12.0 Å². The highest BCUT2D eigenvalue weighted by Gasteiger charge is 2.54. The number of ether oxygens (including phenoxy) is 2. The van der Waals surface area contributed by atoms with Crippen molar-refractivity contribution in [3.63, 3.8) is 0 Å². The molecule has 0 radical (unpaired) electrons. The molecule has 0 aliphatic carbocycles. The molecule has 3 heterocycles. The topological polar surface area (TPSA) is 151 Å². The van der Waals surface area contributed by atoms with Crippen LogP contribution < -0.4 is 5.48 Å². The number of nitrogens with one attached hydrogen (secondary N) is 1. The summed E-state index contributed by atoms with van der Waals surface area (Å²) in [6.07, 6.45) is 0.0334. The van der Waals surface area contributed by atoms with Crippen LogP contribution in [0, 0.1) is 4.91 Å². The summed E-state index contributed by atoms with van der Waals surface area (Å²) in [7, 11) is 1.43. The van der Waals surface area contributed by atoms with Gasteiger partial charge >= 0.3 is 0 Å². The van der Waals surface area contributed by atoms with Gasteiger partial charge in [0.1, 0.15) is 36.3 Å². The highest BCUT2D eigenvalue weighted by atomic mass is 16.6. The van der Waals surface area contributed by atoms with E-state index in [0.717, 1.165) is 0 Å². The Bertz CT molecular complexity index is 782. The van der Waals surface area contributed by atoms with Gasteiger partial charge in [-0.15, -0.1) is 0 Å². The Morgan fingerprint density at radius 2 is 2.28 bits per heavy atom. The zero-order valence-corrected chi connectivity index (χ0v) is 13.7. The van der Waals surface area contributed by atoms with E-state index < -0.39 is 30.6 Å². The van der Waals surface area contributed by atoms with E-state index in [1.54, 1.807) is 17.7 Å². The number of hydrogen-bond donors (Lipinski definition) is 4. The number of fused-ring (bicyclic) bond motifs is 1. The van der Waals surface area contributed by atoms with Crippen LogP contribution in [-0.2, 0) is 16.0 Å². The van der Waals surface area contributed by atoms with Crippen molar-refractivity contribution in [2.24, 2.45) is 5.18 Å². The van der Waals surface area contributed by atoms with Gasteiger partial charge < -0.3 is 24.3 Å². The summed E-state index contributed by atoms with van der Waals surface area (Å²) in [5, 5.41) is 32.5. The van der Waals surface area contributed by atoms with Gasteiger partial charge in [0.25, 0.3) is 0 Å². The highest BCUT2D eigenvalue weighted by Crippen LogP contribution is 2.43. The maximum absolute atomic E-state index is 10.8. The van der Waals surface area contributed by atoms with E-state index in [1.165, 1.54) is 13.4 Å². The summed E-state index contributed by atoms with van der Waals surface area (Å²) in [4.78, 5) is 18.9. The quantitative estimate of drug-likeness (QED) is 0.420. The molecule has 0 spiro atoms. The standard InChI is InChI=1S/C14H19N5O6/c1-14(24-2)10(21)8(5-20)25-13(14)19-4-7(3-17-22)9-11(18-23)15-6-16-12(9)19/h4,6,8,10,13,20-21,23H,3,5H2,1-2H3,(H,15,16,18)/t8?,10?,13-,14-/m1/s1. The van der Waals surface area contributed by atoms with Crippen molar-refractivity contribution in [3.8, 4) is 0 Å². The fraction of sp³-hybridized carbons (Fsp3) is 0.571. The zero-order chi connectivity index (χ0) is 18.2. The van der Waals surface area contributed by atoms with Gasteiger partial charge in [-0.1, -0.05) is 5.18 Å². The summed E-state index contributed by atoms with van der Waals surface area (Å²) >= 11 is 0. The number of hydrogen-bond acceptors (Lipinski definition) is 10. The van der Waals surface area contributed by atoms with Crippen molar-refractivity contribution in [2.45, 2.75) is 37.5 Å². The zero-order valence-electron chi connectivity index (χ0n) is 13.7. The summed E-state index contributed by atoms with van der Waals surface area (Å²) < 4.78 is 12.8. The van der Waals surface area contributed by atoms with Gasteiger partial charge in [0.2, 0.25) is 0 Å². The lowest BCUT2D eigenvalue weighted by atomic mass is 9.96. The first-order chi connectivity index (χ1) is 12.0. The van der Waals surface area contributed by atoms with Crippen LogP contribution in [0.5, 0.6) is 0 Å². The number of nitroso groups, excluding NO2 is 1. The Morgan fingerprint density at radius 1 is 1.52 bits per heavy atom. The van der Waals surface area contributed by atoms with E-state index in [9.17, 15) is 20.3 Å². The molecule has 1 fully saturated rings. The number of methoxy groups -OCH3 is 1. The van der Waals surface area contributed by atoms with E-state index >= 15 is 0 Å². The predicted molar refractivity (Wildman–Crippen MR) is 84.9 cm³/mol. The maximum atomic E-state index is 10.8. The summed E-state index contributed by atoms with van der Waals surface area (Å²) in [5.41, 5.74) is 1.60. The molecular weight excluding hydrogens is 334 g/mol. The lowest BCUT2D eigenvalue weighted by molar-refractivity contribution is -0.118. The number of aliphatic hydroxyl groups is 2. The molecule has 4 atom stereocenters. The highest BCUT2D eigenvalue weighted by molar-refractivity contribution is 5.90. The first-order valence-corrected chi connectivity index (χ1v) is 7.55. The third-order valence-corrected chi connectivity index (χ3v) is 4.63. The second-order valence-electron chi connectivity index (χ2n) is 5.92. The largest absolute Gasteiger partial charge is 0.394 e. The van der Waals surface area contributed by atoms with Crippen molar-refractivity contribution in [2.75, 3.05) is 19.2 Å². The molecule has 11 heteroatoms. The second-order valence-corrected chi connectivity index (χ2v) is 5.92. The van der Waals surface area contributed by atoms with Gasteiger partial charge in [0.05, 0.1) is 12.0 Å².